The third-order valence-electron chi connectivity index (χ3n) is 4.95. The fraction of sp³-hybridized carbons (Fsp3) is 0.208. The number of ether oxygens (including phenoxy) is 2. The van der Waals surface area contributed by atoms with Crippen LogP contribution in [-0.2, 0) is 4.79 Å². The van der Waals surface area contributed by atoms with Crippen molar-refractivity contribution in [2.45, 2.75) is 19.3 Å². The maximum Gasteiger partial charge on any atom is 0.225 e. The zero-order valence-corrected chi connectivity index (χ0v) is 17.4. The molecule has 0 spiro atoms. The first-order chi connectivity index (χ1) is 14.6. The number of amides is 1. The van der Waals surface area contributed by atoms with Crippen molar-refractivity contribution in [2.24, 2.45) is 0 Å². The number of fused-ring (bicyclic) bond motifs is 1. The molecule has 0 aliphatic carbocycles. The highest BCUT2D eigenvalue weighted by Crippen LogP contribution is 2.47. The highest BCUT2D eigenvalue weighted by molar-refractivity contribution is 7.11. The molecule has 1 aliphatic rings. The van der Waals surface area contributed by atoms with Gasteiger partial charge >= 0.3 is 0 Å². The number of carbonyl (C=O) groups excluding carboxylic acids is 1. The normalized spacial score (nSPS) is 15.3. The second-order valence-electron chi connectivity index (χ2n) is 6.94. The Morgan fingerprint density at radius 2 is 2.10 bits per heavy atom. The van der Waals surface area contributed by atoms with Crippen molar-refractivity contribution in [2.75, 3.05) is 18.5 Å². The summed E-state index contributed by atoms with van der Waals surface area (Å²) in [4.78, 5) is 13.6. The van der Waals surface area contributed by atoms with Gasteiger partial charge in [0.2, 0.25) is 5.91 Å². The van der Waals surface area contributed by atoms with Gasteiger partial charge in [0.25, 0.3) is 0 Å². The quantitative estimate of drug-likeness (QED) is 0.475. The monoisotopic (exact) mass is 423 g/mol. The Balaban J connectivity index is 1.74. The highest BCUT2D eigenvalue weighted by atomic mass is 32.1. The summed E-state index contributed by atoms with van der Waals surface area (Å²) in [7, 11) is 0. The molecule has 30 heavy (non-hydrogen) atoms. The minimum atomic E-state index is -0.303. The van der Waals surface area contributed by atoms with Crippen molar-refractivity contribution in [1.29, 1.82) is 0 Å². The molecule has 2 heterocycles. The van der Waals surface area contributed by atoms with Gasteiger partial charge in [0.05, 0.1) is 12.3 Å². The molecule has 1 aliphatic heterocycles. The Bertz CT molecular complexity index is 1090. The van der Waals surface area contributed by atoms with Crippen molar-refractivity contribution >= 4 is 22.9 Å². The number of benzene rings is 2. The van der Waals surface area contributed by atoms with E-state index >= 15 is 0 Å². The summed E-state index contributed by atoms with van der Waals surface area (Å²) in [6, 6.07) is 12.2. The zero-order valence-electron chi connectivity index (χ0n) is 16.6. The first-order valence-corrected chi connectivity index (χ1v) is 10.7. The molecule has 1 aromatic heterocycles. The number of anilines is 1. The molecule has 0 unspecified atom stereocenters. The average Bonchev–Trinajstić information content (AvgIpc) is 3.16. The lowest BCUT2D eigenvalue weighted by atomic mass is 9.89. The van der Waals surface area contributed by atoms with Gasteiger partial charge in [-0.3, -0.25) is 4.79 Å². The summed E-state index contributed by atoms with van der Waals surface area (Å²) in [6.45, 7) is 6.49. The molecule has 0 fully saturated rings. The lowest BCUT2D eigenvalue weighted by Crippen LogP contribution is -2.22. The Hall–Kier alpha value is -3.12. The third kappa shape index (κ3) is 3.96. The fourth-order valence-corrected chi connectivity index (χ4v) is 4.80. The number of hydrogen-bond donors (Lipinski definition) is 1. The van der Waals surface area contributed by atoms with E-state index in [2.05, 4.69) is 11.9 Å². The van der Waals surface area contributed by atoms with Crippen LogP contribution in [0.1, 0.15) is 29.7 Å². The van der Waals surface area contributed by atoms with Crippen molar-refractivity contribution < 1.29 is 18.7 Å². The fourth-order valence-electron chi connectivity index (χ4n) is 3.64. The van der Waals surface area contributed by atoms with Crippen LogP contribution in [0.2, 0.25) is 0 Å². The molecule has 0 radical (unpaired) electrons. The number of halogens is 1. The average molecular weight is 424 g/mol. The molecule has 4 rings (SSSR count). The molecule has 0 saturated heterocycles. The van der Waals surface area contributed by atoms with Gasteiger partial charge < -0.3 is 14.8 Å². The second-order valence-corrected chi connectivity index (χ2v) is 7.85. The van der Waals surface area contributed by atoms with Gasteiger partial charge in [0, 0.05) is 28.2 Å². The Morgan fingerprint density at radius 3 is 2.87 bits per heavy atom. The van der Waals surface area contributed by atoms with Crippen molar-refractivity contribution in [3.05, 3.63) is 76.8 Å². The lowest BCUT2D eigenvalue weighted by Gasteiger charge is -2.25. The van der Waals surface area contributed by atoms with Crippen LogP contribution in [0.25, 0.3) is 11.1 Å². The van der Waals surface area contributed by atoms with E-state index < -0.39 is 0 Å². The Kier molecular flexibility index (Phi) is 5.86. The topological polar surface area (TPSA) is 47.6 Å². The van der Waals surface area contributed by atoms with E-state index in [0.717, 1.165) is 27.3 Å². The van der Waals surface area contributed by atoms with Crippen LogP contribution >= 0.6 is 11.3 Å². The summed E-state index contributed by atoms with van der Waals surface area (Å²) in [6.07, 6.45) is 2.02. The minimum absolute atomic E-state index is 0.0616. The van der Waals surface area contributed by atoms with E-state index in [4.69, 9.17) is 9.47 Å². The molecule has 1 N–H and O–H groups in total. The Labute approximate surface area is 179 Å². The van der Waals surface area contributed by atoms with Gasteiger partial charge in [-0.2, -0.15) is 0 Å². The predicted molar refractivity (Wildman–Crippen MR) is 118 cm³/mol. The maximum atomic E-state index is 13.7. The van der Waals surface area contributed by atoms with Crippen LogP contribution in [-0.4, -0.2) is 19.1 Å². The Morgan fingerprint density at radius 1 is 1.23 bits per heavy atom. The van der Waals surface area contributed by atoms with Gasteiger partial charge in [-0.1, -0.05) is 30.9 Å². The van der Waals surface area contributed by atoms with Crippen molar-refractivity contribution in [3.8, 4) is 22.6 Å². The molecule has 1 amide bonds. The third-order valence-corrected chi connectivity index (χ3v) is 6.05. The zero-order chi connectivity index (χ0) is 21.1. The van der Waals surface area contributed by atoms with Crippen LogP contribution < -0.4 is 14.8 Å². The molecular formula is C24H22FNO3S. The summed E-state index contributed by atoms with van der Waals surface area (Å²) < 4.78 is 25.2. The first-order valence-electron chi connectivity index (χ1n) is 9.78. The van der Waals surface area contributed by atoms with Gasteiger partial charge in [-0.15, -0.1) is 11.3 Å². The standard InChI is InChI=1S/C24H22FNO3S/c1-3-10-29-20-9-8-16(12-21(20)28-4-2)18-13-22(27)26-23-19(14-30-24(18)23)15-6-5-7-17(25)11-15/h3,5-9,11-12,14,18H,1,4,10,13H2,2H3,(H,26,27)/t18-/m0/s1. The van der Waals surface area contributed by atoms with Crippen LogP contribution in [0.4, 0.5) is 10.1 Å². The molecule has 6 heteroatoms. The van der Waals surface area contributed by atoms with Crippen LogP contribution in [0, 0.1) is 5.82 Å². The summed E-state index contributed by atoms with van der Waals surface area (Å²) >= 11 is 1.57. The van der Waals surface area contributed by atoms with Gasteiger partial charge in [0.15, 0.2) is 11.5 Å². The van der Waals surface area contributed by atoms with E-state index in [1.165, 1.54) is 12.1 Å². The molecule has 2 aromatic carbocycles. The van der Waals surface area contributed by atoms with E-state index in [-0.39, 0.29) is 17.6 Å². The highest BCUT2D eigenvalue weighted by Gasteiger charge is 2.31. The van der Waals surface area contributed by atoms with E-state index in [0.29, 0.717) is 31.1 Å². The van der Waals surface area contributed by atoms with Gasteiger partial charge in [-0.05, 0) is 42.3 Å². The van der Waals surface area contributed by atoms with E-state index in [1.807, 2.05) is 36.6 Å². The molecule has 4 nitrogen and oxygen atoms in total. The lowest BCUT2D eigenvalue weighted by molar-refractivity contribution is -0.116. The smallest absolute Gasteiger partial charge is 0.225 e. The number of nitrogens with one attached hydrogen (secondary N) is 1. The van der Waals surface area contributed by atoms with Crippen LogP contribution in [0.15, 0.2) is 60.5 Å². The second kappa shape index (κ2) is 8.71. The van der Waals surface area contributed by atoms with Gasteiger partial charge in [-0.25, -0.2) is 4.39 Å². The molecule has 3 aromatic rings. The number of carbonyl (C=O) groups is 1. The molecule has 0 bridgehead atoms. The minimum Gasteiger partial charge on any atom is -0.490 e. The number of hydrogen-bond acceptors (Lipinski definition) is 4. The van der Waals surface area contributed by atoms with Gasteiger partial charge in [0.1, 0.15) is 12.4 Å². The SMILES string of the molecule is C=CCOc1ccc([C@@H]2CC(=O)Nc3c(-c4cccc(F)c4)csc32)cc1OCC. The van der Waals surface area contributed by atoms with Crippen molar-refractivity contribution in [3.63, 3.8) is 0 Å². The van der Waals surface area contributed by atoms with Crippen molar-refractivity contribution in [1.82, 2.24) is 0 Å². The molecule has 1 atom stereocenters. The number of rotatable bonds is 7. The predicted octanol–water partition coefficient (Wildman–Crippen LogP) is 5.99. The maximum absolute atomic E-state index is 13.7. The largest absolute Gasteiger partial charge is 0.490 e. The summed E-state index contributed by atoms with van der Waals surface area (Å²) in [5, 5.41) is 4.96. The van der Waals surface area contributed by atoms with E-state index in [9.17, 15) is 9.18 Å². The first kappa shape index (κ1) is 20.2. The molecule has 154 valence electrons. The van der Waals surface area contributed by atoms with Crippen LogP contribution in [0.3, 0.4) is 0 Å². The number of thiophene rings is 1. The molecular weight excluding hydrogens is 401 g/mol. The van der Waals surface area contributed by atoms with Crippen LogP contribution in [0.5, 0.6) is 11.5 Å². The van der Waals surface area contributed by atoms with E-state index in [1.54, 1.807) is 23.5 Å². The summed E-state index contributed by atoms with van der Waals surface area (Å²) in [5.74, 6) is 0.823. The summed E-state index contributed by atoms with van der Waals surface area (Å²) in [5.41, 5.74) is 3.32. The molecule has 0 saturated carbocycles.